The summed E-state index contributed by atoms with van der Waals surface area (Å²) in [7, 11) is -2.39. The highest BCUT2D eigenvalue weighted by Crippen LogP contribution is 2.23. The van der Waals surface area contributed by atoms with Crippen LogP contribution in [-0.4, -0.2) is 42.2 Å². The molecule has 0 bridgehead atoms. The number of sulfonamides is 1. The van der Waals surface area contributed by atoms with E-state index in [-0.39, 0.29) is 23.4 Å². The van der Waals surface area contributed by atoms with Crippen LogP contribution in [0, 0.1) is 11.3 Å². The number of aromatic nitrogens is 2. The van der Waals surface area contributed by atoms with E-state index in [9.17, 15) is 13.2 Å². The van der Waals surface area contributed by atoms with Gasteiger partial charge in [-0.1, -0.05) is 18.2 Å². The maximum atomic E-state index is 12.7. The predicted octanol–water partition coefficient (Wildman–Crippen LogP) is 4.02. The molecule has 8 nitrogen and oxygen atoms in total. The minimum atomic E-state index is -3.80. The van der Waals surface area contributed by atoms with Gasteiger partial charge in [-0.15, -0.1) is 0 Å². The molecule has 0 aliphatic heterocycles. The number of anilines is 1. The number of carbonyl (C=O) groups is 1. The Morgan fingerprint density at radius 2 is 1.85 bits per heavy atom. The highest BCUT2D eigenvalue weighted by molar-refractivity contribution is 7.89. The van der Waals surface area contributed by atoms with Crippen LogP contribution in [-0.2, 0) is 10.0 Å². The summed E-state index contributed by atoms with van der Waals surface area (Å²) in [6, 6.07) is 22.7. The van der Waals surface area contributed by atoms with Crippen molar-refractivity contribution in [2.75, 3.05) is 18.9 Å². The van der Waals surface area contributed by atoms with Gasteiger partial charge in [0.15, 0.2) is 0 Å². The molecule has 0 aliphatic carbocycles. The van der Waals surface area contributed by atoms with Gasteiger partial charge >= 0.3 is 0 Å². The Morgan fingerprint density at radius 1 is 1.09 bits per heavy atom. The second-order valence-electron chi connectivity index (χ2n) is 7.40. The molecule has 33 heavy (non-hydrogen) atoms. The van der Waals surface area contributed by atoms with E-state index in [0.717, 1.165) is 26.7 Å². The number of aromatic amines is 1. The first-order valence-corrected chi connectivity index (χ1v) is 11.6. The fraction of sp³-hybridized carbons (Fsp3) is 0.125. The molecule has 1 amide bonds. The number of benzene rings is 3. The van der Waals surface area contributed by atoms with Gasteiger partial charge in [0.05, 0.1) is 22.0 Å². The largest absolute Gasteiger partial charge is 0.338 e. The van der Waals surface area contributed by atoms with E-state index >= 15 is 0 Å². The molecule has 0 unspecified atom stereocenters. The number of nitriles is 1. The van der Waals surface area contributed by atoms with E-state index in [2.05, 4.69) is 15.3 Å². The predicted molar refractivity (Wildman–Crippen MR) is 126 cm³/mol. The maximum absolute atomic E-state index is 12.7. The van der Waals surface area contributed by atoms with E-state index in [1.54, 1.807) is 18.2 Å². The highest BCUT2D eigenvalue weighted by Gasteiger charge is 2.21. The normalized spacial score (nSPS) is 11.4. The lowest BCUT2D eigenvalue weighted by Gasteiger charge is -2.16. The van der Waals surface area contributed by atoms with Gasteiger partial charge in [-0.3, -0.25) is 4.79 Å². The first kappa shape index (κ1) is 22.2. The van der Waals surface area contributed by atoms with Crippen molar-refractivity contribution in [3.05, 3.63) is 78.4 Å². The summed E-state index contributed by atoms with van der Waals surface area (Å²) in [5.41, 5.74) is 3.47. The second kappa shape index (κ2) is 9.24. The number of H-pyrrole nitrogens is 1. The summed E-state index contributed by atoms with van der Waals surface area (Å²) >= 11 is 0. The van der Waals surface area contributed by atoms with Crippen LogP contribution in [0.3, 0.4) is 0 Å². The smallest absolute Gasteiger partial charge is 0.255 e. The van der Waals surface area contributed by atoms with Gasteiger partial charge in [0.2, 0.25) is 10.0 Å². The zero-order valence-electron chi connectivity index (χ0n) is 17.8. The number of hydrogen-bond acceptors (Lipinski definition) is 5. The molecule has 4 rings (SSSR count). The number of rotatable bonds is 7. The fourth-order valence-electron chi connectivity index (χ4n) is 3.31. The van der Waals surface area contributed by atoms with Crippen molar-refractivity contribution >= 4 is 32.7 Å². The highest BCUT2D eigenvalue weighted by atomic mass is 32.2. The average molecular weight is 460 g/mol. The number of amides is 1. The molecule has 4 aromatic rings. The molecule has 0 aliphatic rings. The number of para-hydroxylation sites is 2. The Balaban J connectivity index is 1.49. The van der Waals surface area contributed by atoms with Crippen molar-refractivity contribution in [2.24, 2.45) is 0 Å². The van der Waals surface area contributed by atoms with Gasteiger partial charge in [-0.2, -0.15) is 9.57 Å². The lowest BCUT2D eigenvalue weighted by atomic mass is 10.1. The number of imidazole rings is 1. The van der Waals surface area contributed by atoms with Crippen LogP contribution in [0.5, 0.6) is 0 Å². The zero-order valence-corrected chi connectivity index (χ0v) is 18.6. The number of nitrogens with zero attached hydrogens (tertiary/aromatic N) is 3. The Labute approximate surface area is 191 Å². The van der Waals surface area contributed by atoms with Gasteiger partial charge in [0, 0.05) is 36.8 Å². The molecule has 0 spiro atoms. The number of fused-ring (bicyclic) bond motifs is 1. The van der Waals surface area contributed by atoms with Crippen molar-refractivity contribution in [1.82, 2.24) is 14.3 Å². The van der Waals surface area contributed by atoms with E-state index < -0.39 is 15.9 Å². The maximum Gasteiger partial charge on any atom is 0.255 e. The van der Waals surface area contributed by atoms with E-state index in [4.69, 9.17) is 5.26 Å². The van der Waals surface area contributed by atoms with Crippen molar-refractivity contribution < 1.29 is 13.2 Å². The van der Waals surface area contributed by atoms with Crippen LogP contribution in [0.1, 0.15) is 16.8 Å². The first-order valence-electron chi connectivity index (χ1n) is 10.2. The molecule has 0 saturated heterocycles. The number of hydrogen-bond donors (Lipinski definition) is 2. The van der Waals surface area contributed by atoms with Gasteiger partial charge < -0.3 is 10.3 Å². The third-order valence-corrected chi connectivity index (χ3v) is 7.00. The topological polar surface area (TPSA) is 119 Å². The van der Waals surface area contributed by atoms with Crippen molar-refractivity contribution in [2.45, 2.75) is 11.3 Å². The molecule has 1 heterocycles. The molecule has 9 heteroatoms. The zero-order chi connectivity index (χ0) is 23.4. The standard InChI is InChI=1S/C24H21N5O3S/c1-29(15-5-14-25)33(31,32)20-7-4-6-18(16-20)24(30)26-19-12-10-17(11-13-19)23-27-21-8-2-3-9-22(21)28-23/h2-4,6-13,16H,5,15H2,1H3,(H,26,30)(H,27,28). The molecular formula is C24H21N5O3S. The van der Waals surface area contributed by atoms with Crippen LogP contribution in [0.25, 0.3) is 22.4 Å². The van der Waals surface area contributed by atoms with Crippen LogP contribution in [0.2, 0.25) is 0 Å². The fourth-order valence-corrected chi connectivity index (χ4v) is 4.53. The van der Waals surface area contributed by atoms with Crippen LogP contribution < -0.4 is 5.32 Å². The minimum Gasteiger partial charge on any atom is -0.338 e. The number of carbonyl (C=O) groups excluding carboxylic acids is 1. The van der Waals surface area contributed by atoms with E-state index in [0.29, 0.717) is 5.69 Å². The van der Waals surface area contributed by atoms with Gasteiger partial charge in [-0.05, 0) is 54.6 Å². The lowest BCUT2D eigenvalue weighted by molar-refractivity contribution is 0.102. The lowest BCUT2D eigenvalue weighted by Crippen LogP contribution is -2.28. The molecule has 3 aromatic carbocycles. The van der Waals surface area contributed by atoms with Crippen molar-refractivity contribution in [3.8, 4) is 17.5 Å². The van der Waals surface area contributed by atoms with Crippen molar-refractivity contribution in [1.29, 1.82) is 5.26 Å². The molecule has 0 saturated carbocycles. The Morgan fingerprint density at radius 3 is 2.58 bits per heavy atom. The van der Waals surface area contributed by atoms with E-state index in [1.807, 2.05) is 42.5 Å². The first-order chi connectivity index (χ1) is 15.9. The molecule has 1 aromatic heterocycles. The summed E-state index contributed by atoms with van der Waals surface area (Å²) in [4.78, 5) is 20.6. The SMILES string of the molecule is CN(CCC#N)S(=O)(=O)c1cccc(C(=O)Nc2ccc(-c3nc4ccccc4[nH]3)cc2)c1. The molecule has 0 atom stereocenters. The Bertz CT molecular complexity index is 1420. The summed E-state index contributed by atoms with van der Waals surface area (Å²) < 4.78 is 26.5. The third-order valence-electron chi connectivity index (χ3n) is 5.15. The van der Waals surface area contributed by atoms with E-state index in [1.165, 1.54) is 25.2 Å². The molecule has 2 N–H and O–H groups in total. The molecular weight excluding hydrogens is 438 g/mol. The van der Waals surface area contributed by atoms with Gasteiger partial charge in [-0.25, -0.2) is 13.4 Å². The third kappa shape index (κ3) is 4.77. The minimum absolute atomic E-state index is 0.00387. The summed E-state index contributed by atoms with van der Waals surface area (Å²) in [5.74, 6) is 0.302. The summed E-state index contributed by atoms with van der Waals surface area (Å²) in [6.45, 7) is 0.0762. The van der Waals surface area contributed by atoms with Crippen LogP contribution in [0.15, 0.2) is 77.7 Å². The quantitative estimate of drug-likeness (QED) is 0.433. The second-order valence-corrected chi connectivity index (χ2v) is 9.44. The van der Waals surface area contributed by atoms with Crippen molar-refractivity contribution in [3.63, 3.8) is 0 Å². The van der Waals surface area contributed by atoms with Gasteiger partial charge in [0.1, 0.15) is 5.82 Å². The average Bonchev–Trinajstić information content (AvgIpc) is 3.27. The number of nitrogens with one attached hydrogen (secondary N) is 2. The van der Waals surface area contributed by atoms with Crippen LogP contribution in [0.4, 0.5) is 5.69 Å². The summed E-state index contributed by atoms with van der Waals surface area (Å²) in [6.07, 6.45) is 0.0833. The molecule has 166 valence electrons. The monoisotopic (exact) mass is 459 g/mol. The summed E-state index contributed by atoms with van der Waals surface area (Å²) in [5, 5.41) is 11.5. The Kier molecular flexibility index (Phi) is 6.22. The Hall–Kier alpha value is -4.00. The van der Waals surface area contributed by atoms with Crippen LogP contribution >= 0.6 is 0 Å². The molecule has 0 fully saturated rings. The molecule has 0 radical (unpaired) electrons. The van der Waals surface area contributed by atoms with Gasteiger partial charge in [0.25, 0.3) is 5.91 Å².